The molecular weight excluding hydrogens is 721 g/mol. The standard InChI is InChI=1S/C43H82NO10P/c1-3-5-7-9-11-13-15-17-19-21-23-25-27-29-31-33-35-42(46)54-39(37-52-55(49,50)53-38-40(44)43(47)48)36-51-41(45)34-32-30-28-26-24-22-20-18-16-14-12-10-8-6-4-2/h18,20,39-40H,3-17,19,21-38,44H2,1-2H3,(H,47,48)(H,49,50)/b20-18-/t39-,40+/m1/s1. The van der Waals surface area contributed by atoms with Crippen molar-refractivity contribution in [2.45, 2.75) is 225 Å². The van der Waals surface area contributed by atoms with E-state index in [2.05, 4.69) is 30.5 Å². The molecule has 0 bridgehead atoms. The third-order valence-electron chi connectivity index (χ3n) is 9.76. The molecule has 0 spiro atoms. The molecule has 0 aromatic carbocycles. The van der Waals surface area contributed by atoms with Gasteiger partial charge in [0.25, 0.3) is 0 Å². The van der Waals surface area contributed by atoms with Crippen molar-refractivity contribution >= 4 is 25.7 Å². The summed E-state index contributed by atoms with van der Waals surface area (Å²) in [7, 11) is -4.71. The number of hydrogen-bond acceptors (Lipinski definition) is 9. The van der Waals surface area contributed by atoms with Crippen LogP contribution in [0.25, 0.3) is 0 Å². The molecule has 0 fully saturated rings. The third kappa shape index (κ3) is 38.9. The molecule has 0 amide bonds. The lowest BCUT2D eigenvalue weighted by atomic mass is 10.0. The lowest BCUT2D eigenvalue weighted by molar-refractivity contribution is -0.161. The molecule has 0 aromatic rings. The minimum absolute atomic E-state index is 0.165. The molecule has 0 aliphatic heterocycles. The second-order valence-corrected chi connectivity index (χ2v) is 16.6. The summed E-state index contributed by atoms with van der Waals surface area (Å²) in [4.78, 5) is 45.9. The second kappa shape index (κ2) is 39.1. The first-order chi connectivity index (χ1) is 26.6. The summed E-state index contributed by atoms with van der Waals surface area (Å²) < 4.78 is 32.7. The van der Waals surface area contributed by atoms with Crippen LogP contribution in [0.5, 0.6) is 0 Å². The Labute approximate surface area is 335 Å². The Morgan fingerprint density at radius 3 is 1.33 bits per heavy atom. The van der Waals surface area contributed by atoms with Crippen LogP contribution in [0, 0.1) is 0 Å². The van der Waals surface area contributed by atoms with Gasteiger partial charge >= 0.3 is 25.7 Å². The lowest BCUT2D eigenvalue weighted by Crippen LogP contribution is -2.34. The van der Waals surface area contributed by atoms with E-state index in [0.717, 1.165) is 57.8 Å². The van der Waals surface area contributed by atoms with Crippen molar-refractivity contribution in [1.29, 1.82) is 0 Å². The van der Waals surface area contributed by atoms with Gasteiger partial charge in [-0.1, -0.05) is 174 Å². The highest BCUT2D eigenvalue weighted by molar-refractivity contribution is 7.47. The predicted molar refractivity (Wildman–Crippen MR) is 222 cm³/mol. The summed E-state index contributed by atoms with van der Waals surface area (Å²) in [5.41, 5.74) is 5.33. The number of aliphatic carboxylic acids is 1. The van der Waals surface area contributed by atoms with Crippen LogP contribution in [0.2, 0.25) is 0 Å². The van der Waals surface area contributed by atoms with Crippen LogP contribution >= 0.6 is 7.82 Å². The molecule has 1 unspecified atom stereocenters. The molecule has 4 N–H and O–H groups in total. The van der Waals surface area contributed by atoms with Crippen LogP contribution in [0.1, 0.15) is 213 Å². The van der Waals surface area contributed by atoms with Gasteiger partial charge in [0.05, 0.1) is 13.2 Å². The molecule has 0 heterocycles. The van der Waals surface area contributed by atoms with E-state index >= 15 is 0 Å². The van der Waals surface area contributed by atoms with E-state index in [1.165, 1.54) is 116 Å². The number of nitrogens with two attached hydrogens (primary N) is 1. The Hall–Kier alpha value is -1.78. The Balaban J connectivity index is 4.33. The fraction of sp³-hybridized carbons (Fsp3) is 0.884. The number of carboxylic acid groups (broad SMARTS) is 1. The molecule has 12 heteroatoms. The number of hydrogen-bond donors (Lipinski definition) is 3. The summed E-state index contributed by atoms with van der Waals surface area (Å²) in [6, 6.07) is -1.52. The van der Waals surface area contributed by atoms with Crippen molar-refractivity contribution in [3.8, 4) is 0 Å². The van der Waals surface area contributed by atoms with Gasteiger partial charge < -0.3 is 25.2 Å². The molecular formula is C43H82NO10P. The first kappa shape index (κ1) is 53.2. The fourth-order valence-corrected chi connectivity index (χ4v) is 7.02. The van der Waals surface area contributed by atoms with E-state index in [1.54, 1.807) is 0 Å². The van der Waals surface area contributed by atoms with E-state index in [0.29, 0.717) is 12.8 Å². The van der Waals surface area contributed by atoms with Gasteiger partial charge in [-0.25, -0.2) is 4.57 Å². The number of phosphoric acid groups is 1. The fourth-order valence-electron chi connectivity index (χ4n) is 6.24. The quantitative estimate of drug-likeness (QED) is 0.0232. The monoisotopic (exact) mass is 804 g/mol. The maximum absolute atomic E-state index is 12.6. The zero-order valence-electron chi connectivity index (χ0n) is 35.0. The normalized spacial score (nSPS) is 13.8. The summed E-state index contributed by atoms with van der Waals surface area (Å²) >= 11 is 0. The summed E-state index contributed by atoms with van der Waals surface area (Å²) in [5, 5.41) is 8.89. The molecule has 11 nitrogen and oxygen atoms in total. The van der Waals surface area contributed by atoms with Crippen molar-refractivity contribution in [2.75, 3.05) is 19.8 Å². The molecule has 0 saturated heterocycles. The number of rotatable bonds is 42. The highest BCUT2D eigenvalue weighted by Crippen LogP contribution is 2.43. The predicted octanol–water partition coefficient (Wildman–Crippen LogP) is 11.7. The molecule has 0 rings (SSSR count). The first-order valence-corrected chi connectivity index (χ1v) is 23.7. The van der Waals surface area contributed by atoms with Gasteiger partial charge in [-0.05, 0) is 38.5 Å². The number of allylic oxidation sites excluding steroid dienone is 2. The number of carbonyl (C=O) groups is 3. The highest BCUT2D eigenvalue weighted by atomic mass is 31.2. The lowest BCUT2D eigenvalue weighted by Gasteiger charge is -2.20. The Kier molecular flexibility index (Phi) is 37.8. The Bertz CT molecular complexity index is 995. The van der Waals surface area contributed by atoms with E-state index in [-0.39, 0.29) is 19.4 Å². The van der Waals surface area contributed by atoms with Gasteiger partial charge in [0, 0.05) is 12.8 Å². The number of unbranched alkanes of at least 4 members (excludes halogenated alkanes) is 26. The molecule has 55 heavy (non-hydrogen) atoms. The van der Waals surface area contributed by atoms with Crippen LogP contribution in [-0.2, 0) is 37.5 Å². The van der Waals surface area contributed by atoms with Crippen LogP contribution in [0.3, 0.4) is 0 Å². The van der Waals surface area contributed by atoms with Gasteiger partial charge in [0.1, 0.15) is 12.6 Å². The zero-order valence-corrected chi connectivity index (χ0v) is 35.9. The van der Waals surface area contributed by atoms with Gasteiger partial charge in [-0.3, -0.25) is 23.4 Å². The van der Waals surface area contributed by atoms with Crippen molar-refractivity contribution in [2.24, 2.45) is 5.73 Å². The van der Waals surface area contributed by atoms with Crippen LogP contribution in [-0.4, -0.2) is 59.9 Å². The van der Waals surface area contributed by atoms with Gasteiger partial charge in [0.15, 0.2) is 6.10 Å². The smallest absolute Gasteiger partial charge is 0.472 e. The number of esters is 2. The van der Waals surface area contributed by atoms with E-state index in [4.69, 9.17) is 24.8 Å². The van der Waals surface area contributed by atoms with Gasteiger partial charge in [0.2, 0.25) is 0 Å². The SMILES string of the molecule is CCCCCCCC/C=C\CCCCCCCC(=O)OC[C@H](COP(=O)(O)OC[C@H](N)C(=O)O)OC(=O)CCCCCCCCCCCCCCCCCC. The maximum Gasteiger partial charge on any atom is 0.472 e. The van der Waals surface area contributed by atoms with Crippen molar-refractivity contribution in [1.82, 2.24) is 0 Å². The van der Waals surface area contributed by atoms with E-state index in [9.17, 15) is 23.8 Å². The topological polar surface area (TPSA) is 172 Å². The summed E-state index contributed by atoms with van der Waals surface area (Å²) in [6.45, 7) is 2.81. The molecule has 0 aromatic heterocycles. The molecule has 0 aliphatic rings. The van der Waals surface area contributed by atoms with E-state index < -0.39 is 51.1 Å². The number of ether oxygens (including phenoxy) is 2. The largest absolute Gasteiger partial charge is 0.480 e. The van der Waals surface area contributed by atoms with Crippen molar-refractivity contribution in [3.05, 3.63) is 12.2 Å². The van der Waals surface area contributed by atoms with Crippen molar-refractivity contribution in [3.63, 3.8) is 0 Å². The minimum Gasteiger partial charge on any atom is -0.480 e. The van der Waals surface area contributed by atoms with E-state index in [1.807, 2.05) is 0 Å². The molecule has 0 radical (unpaired) electrons. The summed E-state index contributed by atoms with van der Waals surface area (Å²) in [5.74, 6) is -2.37. The molecule has 324 valence electrons. The Morgan fingerprint density at radius 2 is 0.909 bits per heavy atom. The number of carbonyl (C=O) groups excluding carboxylic acids is 2. The second-order valence-electron chi connectivity index (χ2n) is 15.2. The Morgan fingerprint density at radius 1 is 0.545 bits per heavy atom. The average Bonchev–Trinajstić information content (AvgIpc) is 3.16. The minimum atomic E-state index is -4.71. The van der Waals surface area contributed by atoms with Crippen LogP contribution in [0.4, 0.5) is 0 Å². The highest BCUT2D eigenvalue weighted by Gasteiger charge is 2.28. The van der Waals surface area contributed by atoms with Crippen LogP contribution < -0.4 is 5.73 Å². The molecule has 0 aliphatic carbocycles. The van der Waals surface area contributed by atoms with Crippen LogP contribution in [0.15, 0.2) is 12.2 Å². The first-order valence-electron chi connectivity index (χ1n) is 22.2. The molecule has 3 atom stereocenters. The van der Waals surface area contributed by atoms with Gasteiger partial charge in [-0.2, -0.15) is 0 Å². The van der Waals surface area contributed by atoms with Gasteiger partial charge in [-0.15, -0.1) is 0 Å². The number of phosphoric ester groups is 1. The zero-order chi connectivity index (χ0) is 40.7. The van der Waals surface area contributed by atoms with Crippen molar-refractivity contribution < 1.29 is 47.5 Å². The molecule has 0 saturated carbocycles. The third-order valence-corrected chi connectivity index (χ3v) is 10.7. The number of carboxylic acids is 1. The summed E-state index contributed by atoms with van der Waals surface area (Å²) in [6.07, 6.45) is 38.4. The average molecular weight is 804 g/mol. The maximum atomic E-state index is 12.6.